The lowest BCUT2D eigenvalue weighted by Gasteiger charge is -2.32. The fourth-order valence-electron chi connectivity index (χ4n) is 3.26. The molecule has 2 rings (SSSR count). The second-order valence-electron chi connectivity index (χ2n) is 8.19. The fourth-order valence-corrected chi connectivity index (χ4v) is 4.54. The number of nitrogens with zero attached hydrogens (tertiary/aromatic N) is 3. The molecule has 12 heteroatoms. The number of carbonyl (C=O) groups is 2. The minimum atomic E-state index is -3.98. The molecule has 0 bridgehead atoms. The Bertz CT molecular complexity index is 1190. The van der Waals surface area contributed by atoms with Gasteiger partial charge in [0.2, 0.25) is 21.8 Å². The van der Waals surface area contributed by atoms with Crippen LogP contribution in [0.15, 0.2) is 53.0 Å². The van der Waals surface area contributed by atoms with Gasteiger partial charge in [0.1, 0.15) is 12.6 Å². The third kappa shape index (κ3) is 8.03. The molecule has 2 aromatic carbocycles. The first kappa shape index (κ1) is 28.2. The average molecular weight is 569 g/mol. The molecule has 0 spiro atoms. The van der Waals surface area contributed by atoms with Crippen molar-refractivity contribution in [3.8, 4) is 0 Å². The lowest BCUT2D eigenvalue weighted by molar-refractivity contribution is -0.384. The molecule has 35 heavy (non-hydrogen) atoms. The van der Waals surface area contributed by atoms with Gasteiger partial charge in [-0.1, -0.05) is 41.1 Å². The van der Waals surface area contributed by atoms with Crippen molar-refractivity contribution in [2.45, 2.75) is 45.8 Å². The number of nitro groups is 1. The molecule has 0 saturated carbocycles. The van der Waals surface area contributed by atoms with Gasteiger partial charge in [0.25, 0.3) is 5.69 Å². The van der Waals surface area contributed by atoms with Crippen LogP contribution >= 0.6 is 15.9 Å². The van der Waals surface area contributed by atoms with Gasteiger partial charge in [0.05, 0.1) is 16.9 Å². The van der Waals surface area contributed by atoms with Crippen LogP contribution in [0.1, 0.15) is 32.8 Å². The topological polar surface area (TPSA) is 130 Å². The highest BCUT2D eigenvalue weighted by Crippen LogP contribution is 2.24. The maximum atomic E-state index is 13.5. The Morgan fingerprint density at radius 3 is 2.37 bits per heavy atom. The van der Waals surface area contributed by atoms with E-state index in [0.717, 1.165) is 26.7 Å². The Morgan fingerprint density at radius 2 is 1.80 bits per heavy atom. The van der Waals surface area contributed by atoms with Crippen LogP contribution in [0.5, 0.6) is 0 Å². The zero-order chi connectivity index (χ0) is 26.3. The van der Waals surface area contributed by atoms with E-state index in [-0.39, 0.29) is 29.9 Å². The maximum absolute atomic E-state index is 13.5. The third-order valence-corrected chi connectivity index (χ3v) is 7.05. The van der Waals surface area contributed by atoms with Crippen molar-refractivity contribution in [3.63, 3.8) is 0 Å². The van der Waals surface area contributed by atoms with E-state index in [1.165, 1.54) is 23.1 Å². The molecule has 1 N–H and O–H groups in total. The highest BCUT2D eigenvalue weighted by molar-refractivity contribution is 9.10. The molecule has 0 aliphatic rings. The molecule has 0 unspecified atom stereocenters. The number of hydrogen-bond acceptors (Lipinski definition) is 6. The summed E-state index contributed by atoms with van der Waals surface area (Å²) >= 11 is 3.39. The summed E-state index contributed by atoms with van der Waals surface area (Å²) in [5, 5.41) is 14.0. The molecule has 10 nitrogen and oxygen atoms in total. The predicted octanol–water partition coefficient (Wildman–Crippen LogP) is 3.46. The van der Waals surface area contributed by atoms with Crippen LogP contribution in [0.4, 0.5) is 11.4 Å². The van der Waals surface area contributed by atoms with Gasteiger partial charge >= 0.3 is 0 Å². The quantitative estimate of drug-likeness (QED) is 0.326. The van der Waals surface area contributed by atoms with Crippen LogP contribution in [-0.4, -0.2) is 54.9 Å². The lowest BCUT2D eigenvalue weighted by Crippen LogP contribution is -2.52. The molecular weight excluding hydrogens is 540 g/mol. The van der Waals surface area contributed by atoms with Gasteiger partial charge in [-0.15, -0.1) is 0 Å². The van der Waals surface area contributed by atoms with Crippen LogP contribution < -0.4 is 9.62 Å². The monoisotopic (exact) mass is 568 g/mol. The molecule has 0 radical (unpaired) electrons. The Morgan fingerprint density at radius 1 is 1.14 bits per heavy atom. The fraction of sp³-hybridized carbons (Fsp3) is 0.391. The van der Waals surface area contributed by atoms with Gasteiger partial charge in [-0.25, -0.2) is 8.42 Å². The van der Waals surface area contributed by atoms with E-state index in [0.29, 0.717) is 6.42 Å². The second kappa shape index (κ2) is 12.1. The summed E-state index contributed by atoms with van der Waals surface area (Å²) < 4.78 is 26.7. The third-order valence-electron chi connectivity index (χ3n) is 5.42. The van der Waals surface area contributed by atoms with Gasteiger partial charge in [-0.2, -0.15) is 0 Å². The van der Waals surface area contributed by atoms with Gasteiger partial charge in [0, 0.05) is 29.2 Å². The second-order valence-corrected chi connectivity index (χ2v) is 11.0. The van der Waals surface area contributed by atoms with Crippen molar-refractivity contribution in [2.75, 3.05) is 17.1 Å². The SMILES string of the molecule is CC[C@H](C)NC(=O)[C@@H](C)N(Cc1cccc(Br)c1)C(=O)CN(c1cccc([N+](=O)[O-])c1)S(C)(=O)=O. The first-order valence-electron chi connectivity index (χ1n) is 10.9. The molecule has 0 fully saturated rings. The van der Waals surface area contributed by atoms with E-state index in [2.05, 4.69) is 21.2 Å². The number of anilines is 1. The highest BCUT2D eigenvalue weighted by Gasteiger charge is 2.31. The van der Waals surface area contributed by atoms with E-state index in [1.54, 1.807) is 25.1 Å². The largest absolute Gasteiger partial charge is 0.352 e. The molecule has 0 heterocycles. The van der Waals surface area contributed by atoms with Crippen molar-refractivity contribution in [3.05, 3.63) is 68.7 Å². The number of benzene rings is 2. The van der Waals surface area contributed by atoms with E-state index in [9.17, 15) is 28.1 Å². The number of amides is 2. The van der Waals surface area contributed by atoms with Crippen molar-refractivity contribution in [1.29, 1.82) is 0 Å². The van der Waals surface area contributed by atoms with E-state index >= 15 is 0 Å². The van der Waals surface area contributed by atoms with Gasteiger partial charge in [-0.05, 0) is 44.0 Å². The molecule has 190 valence electrons. The summed E-state index contributed by atoms with van der Waals surface area (Å²) in [5.41, 5.74) is 0.405. The van der Waals surface area contributed by atoms with Crippen LogP contribution in [0.2, 0.25) is 0 Å². The molecule has 2 amide bonds. The molecule has 0 aliphatic carbocycles. The first-order valence-corrected chi connectivity index (χ1v) is 13.5. The molecule has 2 atom stereocenters. The minimum absolute atomic E-state index is 0.0193. The van der Waals surface area contributed by atoms with Crippen molar-refractivity contribution in [2.24, 2.45) is 0 Å². The Kier molecular flexibility index (Phi) is 9.78. The Labute approximate surface area is 213 Å². The van der Waals surface area contributed by atoms with Crippen molar-refractivity contribution in [1.82, 2.24) is 10.2 Å². The molecule has 0 aromatic heterocycles. The number of nitrogens with one attached hydrogen (secondary N) is 1. The standard InChI is InChI=1S/C23H29BrN4O6S/c1-5-16(2)25-23(30)17(3)26(14-18-8-6-9-19(24)12-18)22(29)15-27(35(4,33)34)20-10-7-11-21(13-20)28(31)32/h6-13,16-17H,5,14-15H2,1-4H3,(H,25,30)/t16-,17+/m0/s1. The minimum Gasteiger partial charge on any atom is -0.352 e. The van der Waals surface area contributed by atoms with Crippen LogP contribution in [-0.2, 0) is 26.2 Å². The van der Waals surface area contributed by atoms with Crippen molar-refractivity contribution < 1.29 is 22.9 Å². The summed E-state index contributed by atoms with van der Waals surface area (Å²) in [6, 6.07) is 11.2. The summed E-state index contributed by atoms with van der Waals surface area (Å²) in [4.78, 5) is 38.2. The zero-order valence-electron chi connectivity index (χ0n) is 20.0. The number of sulfonamides is 1. The summed E-state index contributed by atoms with van der Waals surface area (Å²) in [6.07, 6.45) is 1.61. The summed E-state index contributed by atoms with van der Waals surface area (Å²) in [6.45, 7) is 4.77. The van der Waals surface area contributed by atoms with E-state index in [1.807, 2.05) is 19.9 Å². The first-order chi connectivity index (χ1) is 16.3. The maximum Gasteiger partial charge on any atom is 0.271 e. The molecule has 0 saturated heterocycles. The number of rotatable bonds is 11. The van der Waals surface area contributed by atoms with Gasteiger partial charge in [0.15, 0.2) is 0 Å². The number of halogens is 1. The number of hydrogen-bond donors (Lipinski definition) is 1. The summed E-state index contributed by atoms with van der Waals surface area (Å²) in [5.74, 6) is -1.00. The lowest BCUT2D eigenvalue weighted by atomic mass is 10.1. The molecule has 0 aliphatic heterocycles. The number of nitro benzene ring substituents is 1. The zero-order valence-corrected chi connectivity index (χ0v) is 22.4. The van der Waals surface area contributed by atoms with Crippen LogP contribution in [0.3, 0.4) is 0 Å². The number of carbonyl (C=O) groups excluding carboxylic acids is 2. The van der Waals surface area contributed by atoms with E-state index < -0.39 is 33.4 Å². The normalized spacial score (nSPS) is 12.9. The molecule has 2 aromatic rings. The Balaban J connectivity index is 2.43. The van der Waals surface area contributed by atoms with Crippen molar-refractivity contribution >= 4 is 49.1 Å². The van der Waals surface area contributed by atoms with Crippen LogP contribution in [0.25, 0.3) is 0 Å². The number of non-ortho nitro benzene ring substituents is 1. The van der Waals surface area contributed by atoms with E-state index in [4.69, 9.17) is 0 Å². The van der Waals surface area contributed by atoms with Crippen LogP contribution in [0, 0.1) is 10.1 Å². The summed E-state index contributed by atoms with van der Waals surface area (Å²) in [7, 11) is -3.98. The Hall–Kier alpha value is -2.99. The predicted molar refractivity (Wildman–Crippen MR) is 137 cm³/mol. The van der Waals surface area contributed by atoms with Gasteiger partial charge < -0.3 is 10.2 Å². The highest BCUT2D eigenvalue weighted by atomic mass is 79.9. The smallest absolute Gasteiger partial charge is 0.271 e. The average Bonchev–Trinajstić information content (AvgIpc) is 2.79. The molecular formula is C23H29BrN4O6S. The van der Waals surface area contributed by atoms with Gasteiger partial charge in [-0.3, -0.25) is 24.0 Å².